The van der Waals surface area contributed by atoms with Gasteiger partial charge in [0, 0.05) is 17.4 Å². The Morgan fingerprint density at radius 2 is 1.81 bits per heavy atom. The minimum absolute atomic E-state index is 0.0450. The largest absolute Gasteiger partial charge is 0.417 e. The fourth-order valence-corrected chi connectivity index (χ4v) is 5.35. The van der Waals surface area contributed by atoms with Crippen molar-refractivity contribution in [3.63, 3.8) is 0 Å². The quantitative estimate of drug-likeness (QED) is 0.475. The van der Waals surface area contributed by atoms with Crippen LogP contribution in [0.15, 0.2) is 70.7 Å². The molecule has 12 heteroatoms. The van der Waals surface area contributed by atoms with Crippen LogP contribution in [0.5, 0.6) is 0 Å². The summed E-state index contributed by atoms with van der Waals surface area (Å²) in [5, 5.41) is -0.487. The summed E-state index contributed by atoms with van der Waals surface area (Å²) in [7, 11) is -6.17. The number of aromatic nitrogens is 1. The maximum Gasteiger partial charge on any atom is 0.417 e. The van der Waals surface area contributed by atoms with E-state index in [4.69, 9.17) is 23.2 Å². The second kappa shape index (κ2) is 9.15. The van der Waals surface area contributed by atoms with E-state index in [0.29, 0.717) is 11.6 Å². The van der Waals surface area contributed by atoms with Gasteiger partial charge in [-0.05, 0) is 48.0 Å². The third-order valence-corrected chi connectivity index (χ3v) is 7.38. The van der Waals surface area contributed by atoms with E-state index in [1.165, 1.54) is 24.4 Å². The molecule has 3 rings (SSSR count). The summed E-state index contributed by atoms with van der Waals surface area (Å²) >= 11 is 11.5. The predicted molar refractivity (Wildman–Crippen MR) is 113 cm³/mol. The third kappa shape index (κ3) is 5.76. The van der Waals surface area contributed by atoms with Gasteiger partial charge < -0.3 is 0 Å². The van der Waals surface area contributed by atoms with Gasteiger partial charge in [0.25, 0.3) is 10.0 Å². The summed E-state index contributed by atoms with van der Waals surface area (Å²) < 4.78 is 79.9. The Balaban J connectivity index is 1.97. The Bertz CT molecular complexity index is 1240. The van der Waals surface area contributed by atoms with Crippen molar-refractivity contribution in [1.82, 2.24) is 4.98 Å². The Labute approximate surface area is 188 Å². The molecule has 5 nitrogen and oxygen atoms in total. The molecule has 0 radical (unpaired) electrons. The average molecular weight is 509 g/mol. The number of rotatable bonds is 6. The fraction of sp³-hybridized carbons (Fsp3) is 0.105. The van der Waals surface area contributed by atoms with Crippen molar-refractivity contribution in [2.24, 2.45) is 0 Å². The molecule has 1 aromatic heterocycles. The highest BCUT2D eigenvalue weighted by Gasteiger charge is 2.34. The number of pyridine rings is 1. The predicted octanol–water partition coefficient (Wildman–Crippen LogP) is 5.52. The highest BCUT2D eigenvalue weighted by atomic mass is 35.5. The number of sulfonamides is 1. The molecule has 31 heavy (non-hydrogen) atoms. The van der Waals surface area contributed by atoms with Gasteiger partial charge in [-0.15, -0.1) is 0 Å². The molecule has 0 saturated carbocycles. The lowest BCUT2D eigenvalue weighted by atomic mass is 10.2. The molecule has 0 amide bonds. The molecule has 1 atom stereocenters. The zero-order valence-electron chi connectivity index (χ0n) is 15.4. The standard InChI is InChI=1S/C19H13Cl2F3N2O3S2/c20-13-3-6-18(30(27)11-12-2-1-7-25-10-12)17(8-13)26-31(28,29)14-4-5-16(21)15(9-14)19(22,23)24/h1-10,26H,11H2. The van der Waals surface area contributed by atoms with Crippen molar-refractivity contribution < 1.29 is 25.8 Å². The van der Waals surface area contributed by atoms with Crippen LogP contribution in [0, 0.1) is 0 Å². The Morgan fingerprint density at radius 1 is 1.06 bits per heavy atom. The van der Waals surface area contributed by atoms with Crippen LogP contribution >= 0.6 is 23.2 Å². The zero-order chi connectivity index (χ0) is 22.8. The molecular weight excluding hydrogens is 496 g/mol. The number of nitrogens with one attached hydrogen (secondary N) is 1. The van der Waals surface area contributed by atoms with E-state index in [2.05, 4.69) is 9.71 Å². The highest BCUT2D eigenvalue weighted by molar-refractivity contribution is 7.92. The Morgan fingerprint density at radius 3 is 2.45 bits per heavy atom. The van der Waals surface area contributed by atoms with Crippen molar-refractivity contribution in [2.75, 3.05) is 4.72 Å². The molecule has 0 bridgehead atoms. The van der Waals surface area contributed by atoms with Crippen LogP contribution in [-0.2, 0) is 32.8 Å². The van der Waals surface area contributed by atoms with Gasteiger partial charge in [0.15, 0.2) is 0 Å². The van der Waals surface area contributed by atoms with E-state index in [9.17, 15) is 25.8 Å². The van der Waals surface area contributed by atoms with Crippen LogP contribution in [0.1, 0.15) is 11.1 Å². The summed E-state index contributed by atoms with van der Waals surface area (Å²) in [5.41, 5.74) is -0.751. The number of hydrogen-bond donors (Lipinski definition) is 1. The summed E-state index contributed by atoms with van der Waals surface area (Å²) in [4.78, 5) is 3.39. The number of halogens is 5. The molecule has 3 aromatic rings. The number of alkyl halides is 3. The summed E-state index contributed by atoms with van der Waals surface area (Å²) in [6.07, 6.45) is -1.77. The minimum atomic E-state index is -4.84. The molecule has 1 N–H and O–H groups in total. The van der Waals surface area contributed by atoms with Crippen molar-refractivity contribution in [2.45, 2.75) is 21.7 Å². The molecule has 0 fully saturated rings. The van der Waals surface area contributed by atoms with E-state index in [-0.39, 0.29) is 21.4 Å². The molecule has 164 valence electrons. The first kappa shape index (κ1) is 23.5. The molecule has 0 aliphatic rings. The topological polar surface area (TPSA) is 76.1 Å². The highest BCUT2D eigenvalue weighted by Crippen LogP contribution is 2.36. The number of nitrogens with zero attached hydrogens (tertiary/aromatic N) is 1. The van der Waals surface area contributed by atoms with Gasteiger partial charge in [-0.25, -0.2) is 8.42 Å². The number of hydrogen-bond acceptors (Lipinski definition) is 4. The van der Waals surface area contributed by atoms with Crippen molar-refractivity contribution >= 4 is 49.7 Å². The van der Waals surface area contributed by atoms with E-state index in [0.717, 1.165) is 12.1 Å². The van der Waals surface area contributed by atoms with Gasteiger partial charge in [-0.3, -0.25) is 13.9 Å². The maximum atomic E-state index is 13.1. The second-order valence-corrected chi connectivity index (χ2v) is 10.2. The number of anilines is 1. The lowest BCUT2D eigenvalue weighted by molar-refractivity contribution is -0.137. The van der Waals surface area contributed by atoms with Crippen molar-refractivity contribution in [1.29, 1.82) is 0 Å². The molecule has 1 unspecified atom stereocenters. The van der Waals surface area contributed by atoms with Gasteiger partial charge in [-0.2, -0.15) is 13.2 Å². The summed E-state index contributed by atoms with van der Waals surface area (Å²) in [6, 6.07) is 9.64. The molecule has 1 heterocycles. The fourth-order valence-electron chi connectivity index (χ4n) is 2.59. The smallest absolute Gasteiger partial charge is 0.278 e. The maximum absolute atomic E-state index is 13.1. The van der Waals surface area contributed by atoms with E-state index in [1.807, 2.05) is 0 Å². The lowest BCUT2D eigenvalue weighted by Crippen LogP contribution is -2.16. The van der Waals surface area contributed by atoms with Gasteiger partial charge >= 0.3 is 6.18 Å². The summed E-state index contributed by atoms with van der Waals surface area (Å²) in [5.74, 6) is 0.0450. The average Bonchev–Trinajstić information content (AvgIpc) is 2.67. The first-order valence-corrected chi connectivity index (χ1v) is 12.0. The van der Waals surface area contributed by atoms with Gasteiger partial charge in [0.2, 0.25) is 0 Å². The molecule has 0 aliphatic carbocycles. The van der Waals surface area contributed by atoms with Crippen LogP contribution in [0.4, 0.5) is 18.9 Å². The van der Waals surface area contributed by atoms with E-state index < -0.39 is 42.5 Å². The Kier molecular flexibility index (Phi) is 6.95. The van der Waals surface area contributed by atoms with Crippen LogP contribution in [-0.4, -0.2) is 17.6 Å². The molecule has 0 spiro atoms. The zero-order valence-corrected chi connectivity index (χ0v) is 18.5. The van der Waals surface area contributed by atoms with Crippen LogP contribution in [0.3, 0.4) is 0 Å². The van der Waals surface area contributed by atoms with Crippen LogP contribution in [0.25, 0.3) is 0 Å². The van der Waals surface area contributed by atoms with Crippen LogP contribution in [0.2, 0.25) is 10.0 Å². The Hall–Kier alpha value is -2.14. The second-order valence-electron chi connectivity index (χ2n) is 6.24. The van der Waals surface area contributed by atoms with Crippen molar-refractivity contribution in [3.8, 4) is 0 Å². The normalized spacial score (nSPS) is 13.1. The molecule has 0 aliphatic heterocycles. The minimum Gasteiger partial charge on any atom is -0.278 e. The van der Waals surface area contributed by atoms with Crippen LogP contribution < -0.4 is 4.72 Å². The van der Waals surface area contributed by atoms with E-state index in [1.54, 1.807) is 18.3 Å². The van der Waals surface area contributed by atoms with Gasteiger partial charge in [0.1, 0.15) is 0 Å². The van der Waals surface area contributed by atoms with Gasteiger partial charge in [-0.1, -0.05) is 29.3 Å². The monoisotopic (exact) mass is 508 g/mol. The first-order chi connectivity index (χ1) is 14.5. The van der Waals surface area contributed by atoms with E-state index >= 15 is 0 Å². The molecular formula is C19H13Cl2F3N2O3S2. The van der Waals surface area contributed by atoms with Crippen molar-refractivity contribution in [3.05, 3.63) is 82.1 Å². The number of benzene rings is 2. The van der Waals surface area contributed by atoms with Gasteiger partial charge in [0.05, 0.1) is 42.6 Å². The summed E-state index contributed by atoms with van der Waals surface area (Å²) in [6.45, 7) is 0. The SMILES string of the molecule is O=S(Cc1cccnc1)c1ccc(Cl)cc1NS(=O)(=O)c1ccc(Cl)c(C(F)(F)F)c1. The molecule has 0 saturated heterocycles. The first-order valence-electron chi connectivity index (χ1n) is 8.44. The molecule has 2 aromatic carbocycles. The third-order valence-electron chi connectivity index (χ3n) is 4.01. The lowest BCUT2D eigenvalue weighted by Gasteiger charge is -2.15.